The molecular weight excluding hydrogens is 432 g/mol. The molecule has 3 amide bonds. The fraction of sp³-hybridized carbons (Fsp3) is 0.222. The van der Waals surface area contributed by atoms with Crippen LogP contribution in [0.15, 0.2) is 72.8 Å². The lowest BCUT2D eigenvalue weighted by Gasteiger charge is -2.29. The van der Waals surface area contributed by atoms with E-state index in [-0.39, 0.29) is 29.4 Å². The van der Waals surface area contributed by atoms with Crippen molar-refractivity contribution in [3.8, 4) is 11.5 Å². The van der Waals surface area contributed by atoms with Crippen molar-refractivity contribution in [2.24, 2.45) is 0 Å². The summed E-state index contributed by atoms with van der Waals surface area (Å²) in [6.07, 6.45) is 0.267. The van der Waals surface area contributed by atoms with Gasteiger partial charge in [0.05, 0.1) is 17.7 Å². The molecule has 0 spiro atoms. The van der Waals surface area contributed by atoms with Gasteiger partial charge in [0.25, 0.3) is 17.7 Å². The van der Waals surface area contributed by atoms with Crippen molar-refractivity contribution in [3.63, 3.8) is 0 Å². The van der Waals surface area contributed by atoms with E-state index in [0.717, 1.165) is 5.56 Å². The first-order valence-corrected chi connectivity index (χ1v) is 11.2. The molecule has 172 valence electrons. The molecule has 2 heterocycles. The summed E-state index contributed by atoms with van der Waals surface area (Å²) in [6.45, 7) is 0.947. The Kier molecular flexibility index (Phi) is 5.76. The van der Waals surface area contributed by atoms with Crippen LogP contribution in [0.4, 0.5) is 0 Å². The van der Waals surface area contributed by atoms with Gasteiger partial charge in [0.1, 0.15) is 6.61 Å². The van der Waals surface area contributed by atoms with Gasteiger partial charge in [0.2, 0.25) is 0 Å². The maximum absolute atomic E-state index is 13.1. The van der Waals surface area contributed by atoms with Gasteiger partial charge in [-0.15, -0.1) is 0 Å². The first-order valence-electron chi connectivity index (χ1n) is 11.2. The number of amides is 3. The molecule has 3 aromatic rings. The van der Waals surface area contributed by atoms with E-state index in [0.29, 0.717) is 48.7 Å². The predicted octanol–water partition coefficient (Wildman–Crippen LogP) is 3.44. The summed E-state index contributed by atoms with van der Waals surface area (Å²) in [7, 11) is 1.68. The van der Waals surface area contributed by atoms with E-state index in [1.54, 1.807) is 19.2 Å². The van der Waals surface area contributed by atoms with Crippen LogP contribution < -0.4 is 9.47 Å². The van der Waals surface area contributed by atoms with Gasteiger partial charge in [-0.1, -0.05) is 42.5 Å². The van der Waals surface area contributed by atoms with Crippen LogP contribution in [-0.2, 0) is 6.42 Å². The molecule has 0 unspecified atom stereocenters. The van der Waals surface area contributed by atoms with Crippen LogP contribution >= 0.6 is 0 Å². The molecule has 0 radical (unpaired) electrons. The third-order valence-corrected chi connectivity index (χ3v) is 6.08. The van der Waals surface area contributed by atoms with Gasteiger partial charge in [-0.05, 0) is 42.3 Å². The van der Waals surface area contributed by atoms with Crippen molar-refractivity contribution < 1.29 is 23.9 Å². The normalized spacial score (nSPS) is 16.4. The smallest absolute Gasteiger partial charge is 0.261 e. The SMILES string of the molecule is CN(C[C@@H]1COc2ccccc2O1)C(=O)c1ccc2c(c1)C(=O)N(CCc1ccccc1)C2=O. The average molecular weight is 456 g/mol. The van der Waals surface area contributed by atoms with Crippen LogP contribution in [0, 0.1) is 0 Å². The molecule has 2 aliphatic heterocycles. The highest BCUT2D eigenvalue weighted by Gasteiger charge is 2.36. The number of likely N-dealkylation sites (N-methyl/N-ethyl adjacent to an activating group) is 1. The molecule has 0 saturated heterocycles. The van der Waals surface area contributed by atoms with Crippen molar-refractivity contribution in [2.75, 3.05) is 26.7 Å². The number of carbonyl (C=O) groups excluding carboxylic acids is 3. The lowest BCUT2D eigenvalue weighted by molar-refractivity contribution is 0.0521. The van der Waals surface area contributed by atoms with Gasteiger partial charge < -0.3 is 14.4 Å². The summed E-state index contributed by atoms with van der Waals surface area (Å²) >= 11 is 0. The predicted molar refractivity (Wildman–Crippen MR) is 125 cm³/mol. The van der Waals surface area contributed by atoms with Gasteiger partial charge in [0.15, 0.2) is 17.6 Å². The zero-order valence-electron chi connectivity index (χ0n) is 18.8. The second-order valence-corrected chi connectivity index (χ2v) is 8.44. The summed E-state index contributed by atoms with van der Waals surface area (Å²) in [6, 6.07) is 21.8. The van der Waals surface area contributed by atoms with E-state index in [9.17, 15) is 14.4 Å². The standard InChI is InChI=1S/C27H24N2O5/c1-28(16-20-17-33-23-9-5-6-10-24(23)34-20)25(30)19-11-12-21-22(15-19)27(32)29(26(21)31)14-13-18-7-3-2-4-8-18/h2-12,15,20H,13-14,16-17H2,1H3/t20-/m1/s1. The minimum atomic E-state index is -0.367. The summed E-state index contributed by atoms with van der Waals surface area (Å²) in [5.41, 5.74) is 2.00. The molecule has 0 aliphatic carbocycles. The Bertz CT molecular complexity index is 1260. The number of para-hydroxylation sites is 2. The Hall–Kier alpha value is -4.13. The number of fused-ring (bicyclic) bond motifs is 2. The summed E-state index contributed by atoms with van der Waals surface area (Å²) in [5.74, 6) is 0.389. The lowest BCUT2D eigenvalue weighted by Crippen LogP contribution is -2.41. The molecule has 0 saturated carbocycles. The summed E-state index contributed by atoms with van der Waals surface area (Å²) in [4.78, 5) is 41.6. The Morgan fingerprint density at radius 1 is 0.941 bits per heavy atom. The van der Waals surface area contributed by atoms with Crippen molar-refractivity contribution in [1.29, 1.82) is 0 Å². The number of rotatable bonds is 6. The van der Waals surface area contributed by atoms with Crippen LogP contribution in [0.25, 0.3) is 0 Å². The van der Waals surface area contributed by atoms with E-state index in [4.69, 9.17) is 9.47 Å². The first-order chi connectivity index (χ1) is 16.5. The van der Waals surface area contributed by atoms with Crippen molar-refractivity contribution >= 4 is 17.7 Å². The Labute approximate surface area is 197 Å². The number of hydrogen-bond donors (Lipinski definition) is 0. The molecule has 0 fully saturated rings. The number of imide groups is 1. The van der Waals surface area contributed by atoms with E-state index < -0.39 is 0 Å². The van der Waals surface area contributed by atoms with Crippen LogP contribution in [0.5, 0.6) is 11.5 Å². The maximum Gasteiger partial charge on any atom is 0.261 e. The molecule has 0 bridgehead atoms. The Morgan fingerprint density at radius 2 is 1.65 bits per heavy atom. The number of hydrogen-bond acceptors (Lipinski definition) is 5. The van der Waals surface area contributed by atoms with Crippen LogP contribution in [0.2, 0.25) is 0 Å². The Balaban J connectivity index is 1.25. The van der Waals surface area contributed by atoms with E-state index in [1.807, 2.05) is 54.6 Å². The number of benzene rings is 3. The first kappa shape index (κ1) is 21.7. The topological polar surface area (TPSA) is 76.2 Å². The van der Waals surface area contributed by atoms with Gasteiger partial charge in [0, 0.05) is 19.2 Å². The molecular formula is C27H24N2O5. The number of ether oxygens (including phenoxy) is 2. The third-order valence-electron chi connectivity index (χ3n) is 6.08. The molecule has 5 rings (SSSR count). The van der Waals surface area contributed by atoms with Gasteiger partial charge in [-0.3, -0.25) is 19.3 Å². The largest absolute Gasteiger partial charge is 0.486 e. The van der Waals surface area contributed by atoms with E-state index in [1.165, 1.54) is 15.9 Å². The van der Waals surface area contributed by atoms with Crippen molar-refractivity contribution in [2.45, 2.75) is 12.5 Å². The molecule has 0 N–H and O–H groups in total. The molecule has 34 heavy (non-hydrogen) atoms. The van der Waals surface area contributed by atoms with Gasteiger partial charge in [-0.2, -0.15) is 0 Å². The number of nitrogens with zero attached hydrogens (tertiary/aromatic N) is 2. The summed E-state index contributed by atoms with van der Waals surface area (Å²) < 4.78 is 11.7. The van der Waals surface area contributed by atoms with Gasteiger partial charge >= 0.3 is 0 Å². The van der Waals surface area contributed by atoms with Crippen molar-refractivity contribution in [3.05, 3.63) is 95.1 Å². The second kappa shape index (κ2) is 9.02. The maximum atomic E-state index is 13.1. The highest BCUT2D eigenvalue weighted by Crippen LogP contribution is 2.31. The summed E-state index contributed by atoms with van der Waals surface area (Å²) in [5, 5.41) is 0. The van der Waals surface area contributed by atoms with Crippen LogP contribution in [-0.4, -0.2) is 60.4 Å². The zero-order chi connectivity index (χ0) is 23.7. The minimum absolute atomic E-state index is 0.256. The number of carbonyl (C=O) groups is 3. The molecule has 0 aromatic heterocycles. The molecule has 2 aliphatic rings. The van der Waals surface area contributed by atoms with Crippen LogP contribution in [0.3, 0.4) is 0 Å². The van der Waals surface area contributed by atoms with E-state index in [2.05, 4.69) is 0 Å². The molecule has 3 aromatic carbocycles. The third kappa shape index (κ3) is 4.12. The minimum Gasteiger partial charge on any atom is -0.486 e. The lowest BCUT2D eigenvalue weighted by atomic mass is 10.0. The zero-order valence-corrected chi connectivity index (χ0v) is 18.8. The van der Waals surface area contributed by atoms with Crippen LogP contribution in [0.1, 0.15) is 36.6 Å². The Morgan fingerprint density at radius 3 is 2.44 bits per heavy atom. The monoisotopic (exact) mass is 456 g/mol. The fourth-order valence-electron chi connectivity index (χ4n) is 4.27. The molecule has 7 heteroatoms. The average Bonchev–Trinajstić information content (AvgIpc) is 3.11. The highest BCUT2D eigenvalue weighted by molar-refractivity contribution is 6.22. The van der Waals surface area contributed by atoms with Gasteiger partial charge in [-0.25, -0.2) is 0 Å². The quantitative estimate of drug-likeness (QED) is 0.531. The van der Waals surface area contributed by atoms with E-state index >= 15 is 0 Å². The molecule has 7 nitrogen and oxygen atoms in total. The second-order valence-electron chi connectivity index (χ2n) is 8.44. The molecule has 1 atom stereocenters. The van der Waals surface area contributed by atoms with Crippen molar-refractivity contribution in [1.82, 2.24) is 9.80 Å². The fourth-order valence-corrected chi connectivity index (χ4v) is 4.27. The highest BCUT2D eigenvalue weighted by atomic mass is 16.6.